The van der Waals surface area contributed by atoms with Crippen molar-refractivity contribution in [3.63, 3.8) is 0 Å². The van der Waals surface area contributed by atoms with Gasteiger partial charge in [-0.25, -0.2) is 0 Å². The van der Waals surface area contributed by atoms with Crippen LogP contribution in [-0.2, 0) is 9.59 Å². The van der Waals surface area contributed by atoms with Gasteiger partial charge in [0.05, 0.1) is 0 Å². The Morgan fingerprint density at radius 2 is 1.15 bits per heavy atom. The Balaban J connectivity index is 0.000000465. The van der Waals surface area contributed by atoms with E-state index < -0.39 is 0 Å². The molecule has 0 spiro atoms. The topological polar surface area (TPSA) is 46.2 Å². The summed E-state index contributed by atoms with van der Waals surface area (Å²) in [4.78, 5) is 24.6. The van der Waals surface area contributed by atoms with Crippen molar-refractivity contribution in [2.45, 2.75) is 26.7 Å². The van der Waals surface area contributed by atoms with Crippen LogP contribution in [0.2, 0.25) is 0 Å². The average Bonchev–Trinajstić information content (AvgIpc) is 2.68. The van der Waals surface area contributed by atoms with Crippen molar-refractivity contribution in [3.8, 4) is 0 Å². The molecule has 140 valence electrons. The fraction of sp³-hybridized carbons (Fsp3) is 0.250. The molecular formula is C24H27NO2. The predicted molar refractivity (Wildman–Crippen MR) is 112 cm³/mol. The molecule has 3 nitrogen and oxygen atoms in total. The Labute approximate surface area is 161 Å². The van der Waals surface area contributed by atoms with Gasteiger partial charge < -0.3 is 5.32 Å². The smallest absolute Gasteiger partial charge is 0.185 e. The van der Waals surface area contributed by atoms with Gasteiger partial charge in [0.15, 0.2) is 5.78 Å². The fourth-order valence-electron chi connectivity index (χ4n) is 2.84. The third-order valence-corrected chi connectivity index (χ3v) is 4.14. The quantitative estimate of drug-likeness (QED) is 0.803. The van der Waals surface area contributed by atoms with Gasteiger partial charge >= 0.3 is 0 Å². The zero-order chi connectivity index (χ0) is 19.5. The molecule has 27 heavy (non-hydrogen) atoms. The molecule has 3 rings (SSSR count). The predicted octanol–water partition coefficient (Wildman–Crippen LogP) is 4.70. The first-order chi connectivity index (χ1) is 13.1. The number of rotatable bonds is 4. The van der Waals surface area contributed by atoms with E-state index in [1.165, 1.54) is 0 Å². The standard InChI is InChI=1S/C20H16O2.C4H11N/c21-19-13-17(11-15-7-3-1-4-8-15)20(22)18(14-19)12-16-9-5-2-6-10-16;1-3-5-4-2/h1-12H,13-14H2;5H,3-4H2,1-2H3. The summed E-state index contributed by atoms with van der Waals surface area (Å²) in [5, 5.41) is 3.11. The number of allylic oxidation sites excluding steroid dienone is 2. The van der Waals surface area contributed by atoms with Gasteiger partial charge in [-0.3, -0.25) is 9.59 Å². The van der Waals surface area contributed by atoms with Crippen LogP contribution in [0, 0.1) is 0 Å². The van der Waals surface area contributed by atoms with Gasteiger partial charge in [0.2, 0.25) is 0 Å². The molecule has 0 atom stereocenters. The number of nitrogens with one attached hydrogen (secondary N) is 1. The zero-order valence-corrected chi connectivity index (χ0v) is 16.1. The summed E-state index contributed by atoms with van der Waals surface area (Å²) in [7, 11) is 0. The molecule has 1 N–H and O–H groups in total. The number of hydrogen-bond acceptors (Lipinski definition) is 3. The normalized spacial score (nSPS) is 17.0. The summed E-state index contributed by atoms with van der Waals surface area (Å²) in [5.41, 5.74) is 3.04. The number of benzene rings is 2. The van der Waals surface area contributed by atoms with Gasteiger partial charge in [-0.2, -0.15) is 0 Å². The number of Topliss-reactive ketones (excluding diaryl/α,β-unsaturated/α-hetero) is 2. The Hall–Kier alpha value is -2.78. The molecule has 1 aliphatic rings. The maximum absolute atomic E-state index is 12.6. The molecular weight excluding hydrogens is 334 g/mol. The van der Waals surface area contributed by atoms with Gasteiger partial charge in [0.1, 0.15) is 5.78 Å². The lowest BCUT2D eigenvalue weighted by atomic mass is 9.86. The van der Waals surface area contributed by atoms with Crippen molar-refractivity contribution in [1.82, 2.24) is 5.32 Å². The van der Waals surface area contributed by atoms with E-state index in [-0.39, 0.29) is 24.4 Å². The molecule has 2 aromatic rings. The Morgan fingerprint density at radius 1 is 0.741 bits per heavy atom. The molecule has 1 saturated carbocycles. The molecule has 0 saturated heterocycles. The van der Waals surface area contributed by atoms with Crippen LogP contribution < -0.4 is 5.32 Å². The number of carbonyl (C=O) groups is 2. The van der Waals surface area contributed by atoms with Gasteiger partial charge in [-0.1, -0.05) is 74.5 Å². The molecule has 0 aliphatic heterocycles. The molecule has 2 aromatic carbocycles. The van der Waals surface area contributed by atoms with E-state index in [0.29, 0.717) is 11.1 Å². The second kappa shape index (κ2) is 11.0. The van der Waals surface area contributed by atoms with Crippen LogP contribution in [0.4, 0.5) is 0 Å². The first kappa shape index (κ1) is 20.5. The van der Waals surface area contributed by atoms with Gasteiger partial charge in [0, 0.05) is 24.0 Å². The highest BCUT2D eigenvalue weighted by Crippen LogP contribution is 2.26. The summed E-state index contributed by atoms with van der Waals surface area (Å²) in [6.07, 6.45) is 4.08. The molecule has 0 bridgehead atoms. The van der Waals surface area contributed by atoms with Crippen molar-refractivity contribution in [2.75, 3.05) is 13.1 Å². The zero-order valence-electron chi connectivity index (χ0n) is 16.1. The van der Waals surface area contributed by atoms with Crippen LogP contribution in [0.3, 0.4) is 0 Å². The Bertz CT molecular complexity index is 739. The van der Waals surface area contributed by atoms with E-state index in [0.717, 1.165) is 24.2 Å². The first-order valence-corrected chi connectivity index (χ1v) is 9.42. The second-order valence-electron chi connectivity index (χ2n) is 6.34. The molecule has 0 amide bonds. The van der Waals surface area contributed by atoms with Gasteiger partial charge in [0.25, 0.3) is 0 Å². The number of carbonyl (C=O) groups excluding carboxylic acids is 2. The Kier molecular flexibility index (Phi) is 8.40. The molecule has 0 radical (unpaired) electrons. The molecule has 3 heteroatoms. The van der Waals surface area contributed by atoms with E-state index in [2.05, 4.69) is 19.2 Å². The Morgan fingerprint density at radius 3 is 1.48 bits per heavy atom. The van der Waals surface area contributed by atoms with E-state index in [4.69, 9.17) is 0 Å². The van der Waals surface area contributed by atoms with Gasteiger partial charge in [-0.05, 0) is 36.4 Å². The van der Waals surface area contributed by atoms with Crippen molar-refractivity contribution in [3.05, 3.63) is 82.9 Å². The van der Waals surface area contributed by atoms with Crippen molar-refractivity contribution in [2.24, 2.45) is 0 Å². The minimum atomic E-state index is -0.0210. The maximum atomic E-state index is 12.6. The second-order valence-corrected chi connectivity index (χ2v) is 6.34. The highest BCUT2D eigenvalue weighted by atomic mass is 16.1. The highest BCUT2D eigenvalue weighted by molar-refractivity contribution is 6.20. The van der Waals surface area contributed by atoms with E-state index in [1.54, 1.807) is 0 Å². The lowest BCUT2D eigenvalue weighted by Gasteiger charge is -2.15. The lowest BCUT2D eigenvalue weighted by Crippen LogP contribution is -2.19. The third kappa shape index (κ3) is 6.80. The summed E-state index contributed by atoms with van der Waals surface area (Å²) >= 11 is 0. The van der Waals surface area contributed by atoms with Crippen LogP contribution in [0.5, 0.6) is 0 Å². The van der Waals surface area contributed by atoms with Crippen molar-refractivity contribution in [1.29, 1.82) is 0 Å². The van der Waals surface area contributed by atoms with Crippen molar-refractivity contribution < 1.29 is 9.59 Å². The van der Waals surface area contributed by atoms with Gasteiger partial charge in [-0.15, -0.1) is 0 Å². The van der Waals surface area contributed by atoms with E-state index in [9.17, 15) is 9.59 Å². The summed E-state index contributed by atoms with van der Waals surface area (Å²) in [6, 6.07) is 19.3. The highest BCUT2D eigenvalue weighted by Gasteiger charge is 2.25. The summed E-state index contributed by atoms with van der Waals surface area (Å²) in [5.74, 6) is 0.0660. The SMILES string of the molecule is CCNCC.O=C1CC(=Cc2ccccc2)C(=O)C(=Cc2ccccc2)C1. The summed E-state index contributed by atoms with van der Waals surface area (Å²) < 4.78 is 0. The minimum absolute atomic E-state index is 0.0210. The molecule has 0 aromatic heterocycles. The van der Waals surface area contributed by atoms with Crippen molar-refractivity contribution >= 4 is 23.7 Å². The summed E-state index contributed by atoms with van der Waals surface area (Å²) in [6.45, 7) is 6.39. The molecule has 0 heterocycles. The largest absolute Gasteiger partial charge is 0.317 e. The first-order valence-electron chi connectivity index (χ1n) is 9.42. The maximum Gasteiger partial charge on any atom is 0.185 e. The third-order valence-electron chi connectivity index (χ3n) is 4.14. The van der Waals surface area contributed by atoms with Crippen LogP contribution >= 0.6 is 0 Å². The average molecular weight is 361 g/mol. The molecule has 1 fully saturated rings. The van der Waals surface area contributed by atoms with E-state index >= 15 is 0 Å². The minimum Gasteiger partial charge on any atom is -0.317 e. The monoisotopic (exact) mass is 361 g/mol. The van der Waals surface area contributed by atoms with Crippen LogP contribution in [-0.4, -0.2) is 24.7 Å². The number of hydrogen-bond donors (Lipinski definition) is 1. The van der Waals surface area contributed by atoms with E-state index in [1.807, 2.05) is 72.8 Å². The fourth-order valence-corrected chi connectivity index (χ4v) is 2.84. The van der Waals surface area contributed by atoms with Crippen LogP contribution in [0.25, 0.3) is 12.2 Å². The van der Waals surface area contributed by atoms with Crippen LogP contribution in [0.15, 0.2) is 71.8 Å². The number of ketones is 2. The lowest BCUT2D eigenvalue weighted by molar-refractivity contribution is -0.122. The molecule has 0 unspecified atom stereocenters. The molecule has 1 aliphatic carbocycles. The van der Waals surface area contributed by atoms with Crippen LogP contribution in [0.1, 0.15) is 37.8 Å².